The van der Waals surface area contributed by atoms with E-state index in [1.807, 2.05) is 29.2 Å². The number of anilines is 1. The first-order valence-electron chi connectivity index (χ1n) is 8.41. The van der Waals surface area contributed by atoms with E-state index in [0.29, 0.717) is 12.0 Å². The maximum Gasteiger partial charge on any atom is 0.274 e. The number of aromatic nitrogens is 1. The maximum absolute atomic E-state index is 13.1. The molecule has 0 radical (unpaired) electrons. The zero-order chi connectivity index (χ0) is 17.4. The summed E-state index contributed by atoms with van der Waals surface area (Å²) >= 11 is 0. The molecule has 0 saturated carbocycles. The van der Waals surface area contributed by atoms with Gasteiger partial charge >= 0.3 is 0 Å². The Bertz CT molecular complexity index is 837. The Balaban J connectivity index is 1.60. The lowest BCUT2D eigenvalue weighted by atomic mass is 9.70. The molecule has 1 aromatic carbocycles. The molecule has 1 atom stereocenters. The van der Waals surface area contributed by atoms with Gasteiger partial charge in [0.25, 0.3) is 5.91 Å². The molecule has 25 heavy (non-hydrogen) atoms. The van der Waals surface area contributed by atoms with E-state index in [1.54, 1.807) is 23.9 Å². The van der Waals surface area contributed by atoms with Crippen molar-refractivity contribution in [1.82, 2.24) is 10.5 Å². The topological polar surface area (TPSA) is 82.5 Å². The van der Waals surface area contributed by atoms with Crippen LogP contribution >= 0.6 is 0 Å². The highest BCUT2D eigenvalue weighted by atomic mass is 16.5. The Morgan fingerprint density at radius 1 is 1.16 bits per heavy atom. The van der Waals surface area contributed by atoms with Crippen LogP contribution in [0.15, 0.2) is 42.7 Å². The van der Waals surface area contributed by atoms with Crippen LogP contribution in [0.5, 0.6) is 0 Å². The van der Waals surface area contributed by atoms with Gasteiger partial charge in [0, 0.05) is 30.2 Å². The number of rotatable bonds is 2. The van der Waals surface area contributed by atoms with Crippen LogP contribution in [0.25, 0.3) is 0 Å². The first-order valence-corrected chi connectivity index (χ1v) is 8.41. The molecular formula is C19H19N3O3. The van der Waals surface area contributed by atoms with Crippen LogP contribution in [0.3, 0.4) is 0 Å². The molecule has 128 valence electrons. The quantitative estimate of drug-likeness (QED) is 0.649. The number of nitrogens with zero attached hydrogens (tertiary/aromatic N) is 2. The highest BCUT2D eigenvalue weighted by Gasteiger charge is 2.48. The van der Waals surface area contributed by atoms with Crippen LogP contribution in [-0.4, -0.2) is 28.6 Å². The molecule has 2 aliphatic rings. The van der Waals surface area contributed by atoms with E-state index in [2.05, 4.69) is 4.98 Å². The van der Waals surface area contributed by atoms with Gasteiger partial charge in [-0.15, -0.1) is 0 Å². The molecule has 2 heterocycles. The minimum absolute atomic E-state index is 0.182. The summed E-state index contributed by atoms with van der Waals surface area (Å²) in [6, 6.07) is 9.15. The SMILES string of the molecule is O=C(NO)c1ccc2c(c1)CC[C@]1(CCN(c3ccncc3)C1=O)C2. The van der Waals surface area contributed by atoms with Crippen molar-refractivity contribution >= 4 is 17.5 Å². The van der Waals surface area contributed by atoms with Crippen molar-refractivity contribution in [3.63, 3.8) is 0 Å². The van der Waals surface area contributed by atoms with Crippen LogP contribution < -0.4 is 10.4 Å². The summed E-state index contributed by atoms with van der Waals surface area (Å²) in [6.07, 6.45) is 6.49. The zero-order valence-corrected chi connectivity index (χ0v) is 13.7. The Labute approximate surface area is 145 Å². The summed E-state index contributed by atoms with van der Waals surface area (Å²) in [5.74, 6) is -0.328. The van der Waals surface area contributed by atoms with Crippen molar-refractivity contribution in [2.75, 3.05) is 11.4 Å². The average molecular weight is 337 g/mol. The van der Waals surface area contributed by atoms with Gasteiger partial charge in [-0.1, -0.05) is 6.07 Å². The molecule has 0 bridgehead atoms. The van der Waals surface area contributed by atoms with E-state index < -0.39 is 5.91 Å². The third-order valence-corrected chi connectivity index (χ3v) is 5.46. The molecule has 1 fully saturated rings. The van der Waals surface area contributed by atoms with Gasteiger partial charge in [0.05, 0.1) is 5.41 Å². The number of amides is 2. The third-order valence-electron chi connectivity index (χ3n) is 5.46. The summed E-state index contributed by atoms with van der Waals surface area (Å²) in [7, 11) is 0. The molecule has 4 rings (SSSR count). The van der Waals surface area contributed by atoms with Gasteiger partial charge in [0.2, 0.25) is 5.91 Å². The van der Waals surface area contributed by atoms with Gasteiger partial charge in [-0.25, -0.2) is 5.48 Å². The second-order valence-electron chi connectivity index (χ2n) is 6.79. The standard InChI is InChI=1S/C19H19N3O3/c23-17(21-25)14-1-2-15-12-19(6-3-13(15)11-14)7-10-22(18(19)24)16-4-8-20-9-5-16/h1-2,4-5,8-9,11,25H,3,6-7,10,12H2,(H,21,23)/t19-/m0/s1. The highest BCUT2D eigenvalue weighted by Crippen LogP contribution is 2.45. The normalized spacial score (nSPS) is 22.1. The number of hydrogen-bond acceptors (Lipinski definition) is 4. The van der Waals surface area contributed by atoms with Gasteiger partial charge in [0.15, 0.2) is 0 Å². The van der Waals surface area contributed by atoms with E-state index in [0.717, 1.165) is 42.6 Å². The summed E-state index contributed by atoms with van der Waals surface area (Å²) in [4.78, 5) is 30.6. The number of hydroxylamine groups is 1. The second-order valence-corrected chi connectivity index (χ2v) is 6.79. The summed E-state index contributed by atoms with van der Waals surface area (Å²) < 4.78 is 0. The number of hydrogen-bond donors (Lipinski definition) is 2. The van der Waals surface area contributed by atoms with Gasteiger partial charge in [0.1, 0.15) is 0 Å². The highest BCUT2D eigenvalue weighted by molar-refractivity contribution is 6.00. The molecule has 2 aromatic rings. The molecule has 1 aliphatic heterocycles. The van der Waals surface area contributed by atoms with Crippen molar-refractivity contribution in [3.05, 3.63) is 59.4 Å². The fourth-order valence-corrected chi connectivity index (χ4v) is 4.05. The molecular weight excluding hydrogens is 318 g/mol. The fraction of sp³-hybridized carbons (Fsp3) is 0.316. The first-order chi connectivity index (χ1) is 12.1. The average Bonchev–Trinajstić information content (AvgIpc) is 2.97. The van der Waals surface area contributed by atoms with Crippen LogP contribution in [-0.2, 0) is 17.6 Å². The van der Waals surface area contributed by atoms with Crippen LogP contribution in [0.1, 0.15) is 34.3 Å². The summed E-state index contributed by atoms with van der Waals surface area (Å²) in [5.41, 5.74) is 4.85. The van der Waals surface area contributed by atoms with Crippen molar-refractivity contribution in [1.29, 1.82) is 0 Å². The number of carbonyl (C=O) groups excluding carboxylic acids is 2. The molecule has 1 aromatic heterocycles. The fourth-order valence-electron chi connectivity index (χ4n) is 4.05. The summed E-state index contributed by atoms with van der Waals surface area (Å²) in [6.45, 7) is 0.725. The monoisotopic (exact) mass is 337 g/mol. The molecule has 2 amide bonds. The minimum Gasteiger partial charge on any atom is -0.312 e. The summed E-state index contributed by atoms with van der Waals surface area (Å²) in [5, 5.41) is 8.78. The Hall–Kier alpha value is -2.73. The molecule has 1 spiro atoms. The second kappa shape index (κ2) is 5.97. The number of fused-ring (bicyclic) bond motifs is 1. The van der Waals surface area contributed by atoms with E-state index in [4.69, 9.17) is 5.21 Å². The Morgan fingerprint density at radius 3 is 2.72 bits per heavy atom. The number of aryl methyl sites for hydroxylation is 1. The van der Waals surface area contributed by atoms with Crippen LogP contribution in [0.2, 0.25) is 0 Å². The van der Waals surface area contributed by atoms with E-state index >= 15 is 0 Å². The van der Waals surface area contributed by atoms with Gasteiger partial charge in [-0.05, 0) is 61.1 Å². The first kappa shape index (κ1) is 15.8. The molecule has 6 heteroatoms. The predicted octanol–water partition coefficient (Wildman–Crippen LogP) is 2.11. The van der Waals surface area contributed by atoms with Crippen molar-refractivity contribution in [2.24, 2.45) is 5.41 Å². The zero-order valence-electron chi connectivity index (χ0n) is 13.7. The van der Waals surface area contributed by atoms with E-state index in [-0.39, 0.29) is 11.3 Å². The molecule has 0 unspecified atom stereocenters. The third kappa shape index (κ3) is 2.59. The van der Waals surface area contributed by atoms with Crippen molar-refractivity contribution in [3.8, 4) is 0 Å². The lowest BCUT2D eigenvalue weighted by molar-refractivity contribution is -0.126. The van der Waals surface area contributed by atoms with Crippen LogP contribution in [0.4, 0.5) is 5.69 Å². The maximum atomic E-state index is 13.1. The molecule has 2 N–H and O–H groups in total. The lowest BCUT2D eigenvalue weighted by Crippen LogP contribution is -2.38. The molecule has 1 aliphatic carbocycles. The predicted molar refractivity (Wildman–Crippen MR) is 91.4 cm³/mol. The van der Waals surface area contributed by atoms with E-state index in [9.17, 15) is 9.59 Å². The number of nitrogens with one attached hydrogen (secondary N) is 1. The Morgan fingerprint density at radius 2 is 1.96 bits per heavy atom. The number of pyridine rings is 1. The van der Waals surface area contributed by atoms with Gasteiger partial charge in [-0.2, -0.15) is 0 Å². The molecule has 6 nitrogen and oxygen atoms in total. The number of benzene rings is 1. The number of carbonyl (C=O) groups is 2. The van der Waals surface area contributed by atoms with Gasteiger partial charge in [-0.3, -0.25) is 19.8 Å². The minimum atomic E-state index is -0.510. The van der Waals surface area contributed by atoms with E-state index in [1.165, 1.54) is 0 Å². The lowest BCUT2D eigenvalue weighted by Gasteiger charge is -2.33. The van der Waals surface area contributed by atoms with Crippen molar-refractivity contribution in [2.45, 2.75) is 25.7 Å². The Kier molecular flexibility index (Phi) is 3.77. The van der Waals surface area contributed by atoms with Crippen molar-refractivity contribution < 1.29 is 14.8 Å². The smallest absolute Gasteiger partial charge is 0.274 e. The van der Waals surface area contributed by atoms with Gasteiger partial charge < -0.3 is 4.90 Å². The van der Waals surface area contributed by atoms with Crippen LogP contribution in [0, 0.1) is 5.41 Å². The largest absolute Gasteiger partial charge is 0.312 e. The molecule has 1 saturated heterocycles.